The van der Waals surface area contributed by atoms with Crippen LogP contribution < -0.4 is 5.73 Å². The molecule has 3 rings (SSSR count). The van der Waals surface area contributed by atoms with Crippen molar-refractivity contribution in [3.05, 3.63) is 46.6 Å². The van der Waals surface area contributed by atoms with Gasteiger partial charge in [0.05, 0.1) is 5.54 Å². The monoisotopic (exact) mass is 291 g/mol. The second-order valence-electron chi connectivity index (χ2n) is 5.50. The second kappa shape index (κ2) is 5.54. The van der Waals surface area contributed by atoms with Crippen molar-refractivity contribution in [3.63, 3.8) is 0 Å². The first-order valence-electron chi connectivity index (χ1n) is 7.02. The van der Waals surface area contributed by atoms with E-state index in [1.165, 1.54) is 5.56 Å². The Morgan fingerprint density at radius 2 is 1.85 bits per heavy atom. The minimum atomic E-state index is -0.373. The summed E-state index contributed by atoms with van der Waals surface area (Å²) in [5.74, 6) is 1.33. The minimum Gasteiger partial charge on any atom is -0.339 e. The molecule has 0 aliphatic heterocycles. The third-order valence-electron chi connectivity index (χ3n) is 3.95. The van der Waals surface area contributed by atoms with Gasteiger partial charge in [-0.2, -0.15) is 4.98 Å². The van der Waals surface area contributed by atoms with Crippen molar-refractivity contribution >= 4 is 11.6 Å². The summed E-state index contributed by atoms with van der Waals surface area (Å²) >= 11 is 5.87. The minimum absolute atomic E-state index is 0.373. The molecule has 0 amide bonds. The fourth-order valence-corrected chi connectivity index (χ4v) is 2.82. The molecular weight excluding hydrogens is 274 g/mol. The van der Waals surface area contributed by atoms with Crippen LogP contribution >= 0.6 is 11.6 Å². The molecule has 0 unspecified atom stereocenters. The molecule has 0 bridgehead atoms. The molecule has 1 aliphatic carbocycles. The van der Waals surface area contributed by atoms with E-state index < -0.39 is 0 Å². The van der Waals surface area contributed by atoms with Crippen LogP contribution in [-0.4, -0.2) is 10.1 Å². The van der Waals surface area contributed by atoms with Crippen molar-refractivity contribution in [2.24, 2.45) is 5.73 Å². The Hall–Kier alpha value is -1.39. The van der Waals surface area contributed by atoms with Gasteiger partial charge < -0.3 is 10.3 Å². The Labute approximate surface area is 123 Å². The Balaban J connectivity index is 1.64. The number of hydrogen-bond acceptors (Lipinski definition) is 4. The summed E-state index contributed by atoms with van der Waals surface area (Å²) in [6.07, 6.45) is 5.77. The molecule has 1 fully saturated rings. The van der Waals surface area contributed by atoms with Crippen LogP contribution in [0.2, 0.25) is 5.02 Å². The summed E-state index contributed by atoms with van der Waals surface area (Å²) in [6.45, 7) is 0. The maximum Gasteiger partial charge on any atom is 0.227 e. The van der Waals surface area contributed by atoms with Gasteiger partial charge in [0, 0.05) is 11.4 Å². The van der Waals surface area contributed by atoms with Gasteiger partial charge in [-0.1, -0.05) is 41.7 Å². The molecule has 0 radical (unpaired) electrons. The lowest BCUT2D eigenvalue weighted by Crippen LogP contribution is -2.34. The topological polar surface area (TPSA) is 64.9 Å². The number of nitrogens with zero attached hydrogens (tertiary/aromatic N) is 2. The highest BCUT2D eigenvalue weighted by Gasteiger charge is 2.35. The molecule has 1 heterocycles. The maximum absolute atomic E-state index is 6.32. The van der Waals surface area contributed by atoms with Gasteiger partial charge >= 0.3 is 0 Å². The van der Waals surface area contributed by atoms with Crippen LogP contribution in [-0.2, 0) is 18.4 Å². The largest absolute Gasteiger partial charge is 0.339 e. The molecule has 5 heteroatoms. The number of nitrogens with two attached hydrogens (primary N) is 1. The van der Waals surface area contributed by atoms with Gasteiger partial charge in [-0.3, -0.25) is 0 Å². The van der Waals surface area contributed by atoms with E-state index in [9.17, 15) is 0 Å². The van der Waals surface area contributed by atoms with Crippen molar-refractivity contribution in [2.45, 2.75) is 44.1 Å². The fourth-order valence-electron chi connectivity index (χ4n) is 2.69. The summed E-state index contributed by atoms with van der Waals surface area (Å²) in [7, 11) is 0. The van der Waals surface area contributed by atoms with E-state index in [4.69, 9.17) is 21.9 Å². The quantitative estimate of drug-likeness (QED) is 0.939. The van der Waals surface area contributed by atoms with E-state index in [1.807, 2.05) is 24.3 Å². The Morgan fingerprint density at radius 3 is 2.55 bits per heavy atom. The number of hydrogen-bond donors (Lipinski definition) is 1. The van der Waals surface area contributed by atoms with Crippen LogP contribution in [0.4, 0.5) is 0 Å². The van der Waals surface area contributed by atoms with Crippen molar-refractivity contribution in [2.75, 3.05) is 0 Å². The first kappa shape index (κ1) is 13.6. The molecule has 20 heavy (non-hydrogen) atoms. The van der Waals surface area contributed by atoms with E-state index in [2.05, 4.69) is 10.1 Å². The smallest absolute Gasteiger partial charge is 0.227 e. The van der Waals surface area contributed by atoms with E-state index in [-0.39, 0.29) is 5.54 Å². The normalized spacial score (nSPS) is 17.5. The highest BCUT2D eigenvalue weighted by molar-refractivity contribution is 6.30. The van der Waals surface area contributed by atoms with Gasteiger partial charge in [0.15, 0.2) is 5.82 Å². The molecule has 0 spiro atoms. The van der Waals surface area contributed by atoms with Gasteiger partial charge in [0.2, 0.25) is 5.89 Å². The molecule has 1 aromatic carbocycles. The number of benzene rings is 1. The van der Waals surface area contributed by atoms with Crippen LogP contribution in [0, 0.1) is 0 Å². The van der Waals surface area contributed by atoms with Crippen LogP contribution in [0.1, 0.15) is 43.0 Å². The number of aryl methyl sites for hydroxylation is 2. The lowest BCUT2D eigenvalue weighted by Gasteiger charge is -2.17. The van der Waals surface area contributed by atoms with Crippen LogP contribution in [0.15, 0.2) is 28.8 Å². The molecule has 4 nitrogen and oxygen atoms in total. The number of rotatable bonds is 4. The van der Waals surface area contributed by atoms with Crippen LogP contribution in [0.25, 0.3) is 0 Å². The standard InChI is InChI=1S/C15H18ClN3O/c16-12-6-3-11(4-7-12)5-8-13-18-14(19-20-13)15(17)9-1-2-10-15/h3-4,6-7H,1-2,5,8-10,17H2. The number of aromatic nitrogens is 2. The van der Waals surface area contributed by atoms with E-state index in [0.29, 0.717) is 11.7 Å². The van der Waals surface area contributed by atoms with Crippen LogP contribution in [0.5, 0.6) is 0 Å². The summed E-state index contributed by atoms with van der Waals surface area (Å²) in [4.78, 5) is 4.47. The molecule has 1 aromatic heterocycles. The summed E-state index contributed by atoms with van der Waals surface area (Å²) in [6, 6.07) is 7.81. The molecule has 2 N–H and O–H groups in total. The van der Waals surface area contributed by atoms with Crippen molar-refractivity contribution in [1.82, 2.24) is 10.1 Å². The average molecular weight is 292 g/mol. The van der Waals surface area contributed by atoms with Crippen molar-refractivity contribution in [1.29, 1.82) is 0 Å². The van der Waals surface area contributed by atoms with E-state index in [0.717, 1.165) is 43.5 Å². The molecular formula is C15H18ClN3O. The van der Waals surface area contributed by atoms with Gasteiger partial charge in [-0.25, -0.2) is 0 Å². The lowest BCUT2D eigenvalue weighted by atomic mass is 9.99. The van der Waals surface area contributed by atoms with Gasteiger partial charge in [0.25, 0.3) is 0 Å². The Morgan fingerprint density at radius 1 is 1.15 bits per heavy atom. The summed E-state index contributed by atoms with van der Waals surface area (Å²) < 4.78 is 5.32. The third kappa shape index (κ3) is 2.86. The molecule has 0 atom stereocenters. The zero-order chi connectivity index (χ0) is 14.0. The van der Waals surface area contributed by atoms with Crippen molar-refractivity contribution in [3.8, 4) is 0 Å². The van der Waals surface area contributed by atoms with Gasteiger partial charge in [0.1, 0.15) is 0 Å². The average Bonchev–Trinajstić information content (AvgIpc) is 3.08. The zero-order valence-corrected chi connectivity index (χ0v) is 12.1. The van der Waals surface area contributed by atoms with Gasteiger partial charge in [-0.15, -0.1) is 0 Å². The number of halogens is 1. The van der Waals surface area contributed by atoms with E-state index in [1.54, 1.807) is 0 Å². The van der Waals surface area contributed by atoms with Gasteiger partial charge in [-0.05, 0) is 37.0 Å². The van der Waals surface area contributed by atoms with E-state index >= 15 is 0 Å². The first-order chi connectivity index (χ1) is 9.66. The third-order valence-corrected chi connectivity index (χ3v) is 4.20. The zero-order valence-electron chi connectivity index (χ0n) is 11.3. The second-order valence-corrected chi connectivity index (χ2v) is 5.94. The Bertz CT molecular complexity index is 573. The van der Waals surface area contributed by atoms with Crippen molar-refractivity contribution < 1.29 is 4.52 Å². The SMILES string of the molecule is NC1(c2noc(CCc3ccc(Cl)cc3)n2)CCCC1. The predicted octanol–water partition coefficient (Wildman–Crippen LogP) is 3.24. The molecule has 0 saturated heterocycles. The highest BCUT2D eigenvalue weighted by Crippen LogP contribution is 2.34. The summed E-state index contributed by atoms with van der Waals surface area (Å²) in [5, 5.41) is 4.81. The fraction of sp³-hybridized carbons (Fsp3) is 0.467. The maximum atomic E-state index is 6.32. The summed E-state index contributed by atoms with van der Waals surface area (Å²) in [5.41, 5.74) is 7.15. The predicted molar refractivity (Wildman–Crippen MR) is 77.5 cm³/mol. The lowest BCUT2D eigenvalue weighted by molar-refractivity contribution is 0.348. The first-order valence-corrected chi connectivity index (χ1v) is 7.40. The Kier molecular flexibility index (Phi) is 3.76. The molecule has 2 aromatic rings. The van der Waals surface area contributed by atoms with Crippen LogP contribution in [0.3, 0.4) is 0 Å². The highest BCUT2D eigenvalue weighted by atomic mass is 35.5. The molecule has 1 saturated carbocycles. The molecule has 1 aliphatic rings. The molecule has 106 valence electrons.